The summed E-state index contributed by atoms with van der Waals surface area (Å²) in [6, 6.07) is 6.03. The number of hydrogen-bond donors (Lipinski definition) is 0. The first-order valence-corrected chi connectivity index (χ1v) is 7.35. The van der Waals surface area contributed by atoms with E-state index in [1.54, 1.807) is 0 Å². The molecule has 0 amide bonds. The molecule has 4 heteroatoms. The van der Waals surface area contributed by atoms with Gasteiger partial charge < -0.3 is 0 Å². The molecular weight excluding hydrogens is 298 g/mol. The average Bonchev–Trinajstić information content (AvgIpc) is 2.20. The van der Waals surface area contributed by atoms with Crippen LogP contribution in [0.25, 0.3) is 0 Å². The molecule has 0 N–H and O–H groups in total. The van der Waals surface area contributed by atoms with Crippen LogP contribution in [0.4, 0.5) is 0 Å². The van der Waals surface area contributed by atoms with Crippen molar-refractivity contribution in [3.05, 3.63) is 33.8 Å². The van der Waals surface area contributed by atoms with Gasteiger partial charge in [-0.1, -0.05) is 28.1 Å². The fraction of sp³-hybridized carbons (Fsp3) is 0.462. The number of nitrogens with zero attached hydrogens (tertiary/aromatic N) is 1. The molecule has 1 unspecified atom stereocenters. The van der Waals surface area contributed by atoms with E-state index < -0.39 is 11.0 Å². The van der Waals surface area contributed by atoms with Crippen LogP contribution in [-0.4, -0.2) is 14.7 Å². The molecule has 94 valence electrons. The highest BCUT2D eigenvalue weighted by molar-refractivity contribution is 9.10. The fourth-order valence-corrected chi connectivity index (χ4v) is 2.14. The minimum absolute atomic E-state index is 0.316. The highest BCUT2D eigenvalue weighted by Crippen LogP contribution is 2.19. The van der Waals surface area contributed by atoms with E-state index in [-0.39, 0.29) is 4.75 Å². The zero-order valence-electron chi connectivity index (χ0n) is 10.9. The van der Waals surface area contributed by atoms with E-state index in [9.17, 15) is 4.21 Å². The first-order valence-electron chi connectivity index (χ1n) is 5.45. The van der Waals surface area contributed by atoms with E-state index in [1.165, 1.54) is 5.56 Å². The van der Waals surface area contributed by atoms with Gasteiger partial charge in [-0.3, -0.25) is 0 Å². The first-order chi connectivity index (χ1) is 7.71. The molecule has 0 fully saturated rings. The molecule has 17 heavy (non-hydrogen) atoms. The topological polar surface area (TPSA) is 29.4 Å². The monoisotopic (exact) mass is 315 g/mol. The zero-order chi connectivity index (χ0) is 13.2. The maximum Gasteiger partial charge on any atom is 0.145 e. The Kier molecular flexibility index (Phi) is 4.67. The molecule has 2 nitrogen and oxygen atoms in total. The van der Waals surface area contributed by atoms with E-state index in [0.29, 0.717) is 0 Å². The van der Waals surface area contributed by atoms with Crippen LogP contribution < -0.4 is 0 Å². The Labute approximate surface area is 114 Å². The van der Waals surface area contributed by atoms with Crippen LogP contribution in [0.3, 0.4) is 0 Å². The molecule has 1 aromatic rings. The van der Waals surface area contributed by atoms with Crippen molar-refractivity contribution in [2.45, 2.75) is 39.4 Å². The van der Waals surface area contributed by atoms with Gasteiger partial charge in [0.2, 0.25) is 0 Å². The molecule has 0 saturated heterocycles. The van der Waals surface area contributed by atoms with E-state index in [1.807, 2.05) is 52.8 Å². The predicted molar refractivity (Wildman–Crippen MR) is 79.0 cm³/mol. The van der Waals surface area contributed by atoms with E-state index >= 15 is 0 Å². The number of rotatable bonds is 2. The Hall–Kier alpha value is -0.480. The van der Waals surface area contributed by atoms with E-state index in [2.05, 4.69) is 20.3 Å². The summed E-state index contributed by atoms with van der Waals surface area (Å²) in [6.07, 6.45) is 0. The maximum absolute atomic E-state index is 11.9. The lowest BCUT2D eigenvalue weighted by Gasteiger charge is -2.14. The molecule has 0 aliphatic heterocycles. The smallest absolute Gasteiger partial charge is 0.145 e. The molecule has 0 aliphatic carbocycles. The highest BCUT2D eigenvalue weighted by atomic mass is 79.9. The minimum Gasteiger partial charge on any atom is -0.234 e. The van der Waals surface area contributed by atoms with Gasteiger partial charge in [-0.25, -0.2) is 4.21 Å². The van der Waals surface area contributed by atoms with Crippen molar-refractivity contribution >= 4 is 32.6 Å². The number of halogens is 1. The van der Waals surface area contributed by atoms with Gasteiger partial charge in [-0.05, 0) is 51.8 Å². The summed E-state index contributed by atoms with van der Waals surface area (Å²) in [5, 5.41) is 0. The lowest BCUT2D eigenvalue weighted by molar-refractivity contribution is 0.650. The summed E-state index contributed by atoms with van der Waals surface area (Å²) in [7, 11) is -1.21. The largest absolute Gasteiger partial charge is 0.234 e. The average molecular weight is 316 g/mol. The van der Waals surface area contributed by atoms with Gasteiger partial charge in [0.1, 0.15) is 11.0 Å². The molecule has 1 atom stereocenters. The molecule has 0 radical (unpaired) electrons. The Morgan fingerprint density at radius 2 is 1.94 bits per heavy atom. The lowest BCUT2D eigenvalue weighted by Crippen LogP contribution is -2.20. The second-order valence-corrected chi connectivity index (χ2v) is 7.76. The van der Waals surface area contributed by atoms with E-state index in [0.717, 1.165) is 15.7 Å². The number of benzene rings is 1. The normalized spacial score (nSPS) is 14.8. The standard InChI is InChI=1S/C13H18BrNOS/c1-9-6-7-11(8-12(9)14)10(2)15-17(16)13(3,4)5/h6-8H,1-5H3/b15-10+. The van der Waals surface area contributed by atoms with Gasteiger partial charge in [0, 0.05) is 4.47 Å². The highest BCUT2D eigenvalue weighted by Gasteiger charge is 2.19. The zero-order valence-corrected chi connectivity index (χ0v) is 13.3. The second-order valence-electron chi connectivity index (χ2n) is 5.00. The first kappa shape index (κ1) is 14.6. The molecule has 0 spiro atoms. The third-order valence-corrected chi connectivity index (χ3v) is 4.68. The van der Waals surface area contributed by atoms with Crippen molar-refractivity contribution in [1.82, 2.24) is 0 Å². The molecule has 0 heterocycles. The van der Waals surface area contributed by atoms with Gasteiger partial charge in [0.05, 0.1) is 10.5 Å². The Balaban J connectivity index is 3.04. The van der Waals surface area contributed by atoms with Crippen LogP contribution in [0.15, 0.2) is 27.1 Å². The van der Waals surface area contributed by atoms with Crippen LogP contribution in [-0.2, 0) is 11.0 Å². The molecule has 0 aromatic heterocycles. The summed E-state index contributed by atoms with van der Waals surface area (Å²) in [4.78, 5) is 0. The molecule has 0 bridgehead atoms. The van der Waals surface area contributed by atoms with Gasteiger partial charge in [-0.15, -0.1) is 0 Å². The van der Waals surface area contributed by atoms with Crippen molar-refractivity contribution in [3.8, 4) is 0 Å². The summed E-state index contributed by atoms with van der Waals surface area (Å²) < 4.78 is 16.9. The van der Waals surface area contributed by atoms with Crippen LogP contribution in [0.5, 0.6) is 0 Å². The number of hydrogen-bond acceptors (Lipinski definition) is 1. The lowest BCUT2D eigenvalue weighted by atomic mass is 10.1. The Morgan fingerprint density at radius 3 is 2.41 bits per heavy atom. The third-order valence-electron chi connectivity index (χ3n) is 2.33. The summed E-state index contributed by atoms with van der Waals surface area (Å²) in [5.74, 6) is 0. The van der Waals surface area contributed by atoms with E-state index in [4.69, 9.17) is 0 Å². The SMILES string of the molecule is C/C(=N\S(=O)C(C)(C)C)c1ccc(C)c(Br)c1. The van der Waals surface area contributed by atoms with Gasteiger partial charge >= 0.3 is 0 Å². The van der Waals surface area contributed by atoms with Gasteiger partial charge in [0.15, 0.2) is 0 Å². The van der Waals surface area contributed by atoms with Crippen molar-refractivity contribution in [2.24, 2.45) is 4.40 Å². The Morgan fingerprint density at radius 1 is 1.35 bits per heavy atom. The maximum atomic E-state index is 11.9. The third kappa shape index (κ3) is 4.03. The summed E-state index contributed by atoms with van der Waals surface area (Å²) in [5.41, 5.74) is 2.98. The quantitative estimate of drug-likeness (QED) is 0.758. The second kappa shape index (κ2) is 5.44. The predicted octanol–water partition coefficient (Wildman–Crippen LogP) is 4.03. The Bertz CT molecular complexity index is 475. The number of aryl methyl sites for hydroxylation is 1. The summed E-state index contributed by atoms with van der Waals surface area (Å²) >= 11 is 3.49. The van der Waals surface area contributed by atoms with Gasteiger partial charge in [0.25, 0.3) is 0 Å². The molecule has 1 rings (SSSR count). The van der Waals surface area contributed by atoms with Gasteiger partial charge in [-0.2, -0.15) is 4.40 Å². The van der Waals surface area contributed by atoms with Crippen molar-refractivity contribution in [3.63, 3.8) is 0 Å². The molecule has 0 saturated carbocycles. The molecular formula is C13H18BrNOS. The molecule has 1 aromatic carbocycles. The fourth-order valence-electron chi connectivity index (χ4n) is 1.13. The van der Waals surface area contributed by atoms with Crippen molar-refractivity contribution in [1.29, 1.82) is 0 Å². The minimum atomic E-state index is -1.21. The molecule has 0 aliphatic rings. The van der Waals surface area contributed by atoms with Crippen LogP contribution in [0.1, 0.15) is 38.8 Å². The van der Waals surface area contributed by atoms with Crippen LogP contribution in [0.2, 0.25) is 0 Å². The summed E-state index contributed by atoms with van der Waals surface area (Å²) in [6.45, 7) is 9.69. The van der Waals surface area contributed by atoms with Crippen molar-refractivity contribution in [2.75, 3.05) is 0 Å². The van der Waals surface area contributed by atoms with Crippen LogP contribution in [0, 0.1) is 6.92 Å². The van der Waals surface area contributed by atoms with Crippen molar-refractivity contribution < 1.29 is 4.21 Å². The van der Waals surface area contributed by atoms with Crippen LogP contribution >= 0.6 is 15.9 Å².